The molecular weight excluding hydrogens is 130 g/mol. The molecule has 1 heterocycles. The molecule has 10 heavy (non-hydrogen) atoms. The summed E-state index contributed by atoms with van der Waals surface area (Å²) >= 11 is 0. The SMILES string of the molecule is CC(C)(C)N1N=NCC1=O. The van der Waals surface area contributed by atoms with Gasteiger partial charge in [-0.15, -0.1) is 0 Å². The van der Waals surface area contributed by atoms with Crippen molar-refractivity contribution in [3.63, 3.8) is 0 Å². The van der Waals surface area contributed by atoms with Crippen LogP contribution in [-0.4, -0.2) is 23.0 Å². The van der Waals surface area contributed by atoms with Gasteiger partial charge < -0.3 is 0 Å². The first-order valence-corrected chi connectivity index (χ1v) is 3.22. The highest BCUT2D eigenvalue weighted by molar-refractivity contribution is 5.79. The summed E-state index contributed by atoms with van der Waals surface area (Å²) in [5.41, 5.74) is -0.225. The Bertz CT molecular complexity index is 180. The summed E-state index contributed by atoms with van der Waals surface area (Å²) in [6.45, 7) is 5.98. The third-order valence-electron chi connectivity index (χ3n) is 1.23. The number of rotatable bonds is 0. The number of carbonyl (C=O) groups is 1. The molecule has 1 amide bonds. The lowest BCUT2D eigenvalue weighted by atomic mass is 10.1. The van der Waals surface area contributed by atoms with Gasteiger partial charge in [-0.25, -0.2) is 5.01 Å². The Hall–Kier alpha value is -0.930. The summed E-state index contributed by atoms with van der Waals surface area (Å²) in [5, 5.41) is 8.72. The summed E-state index contributed by atoms with van der Waals surface area (Å²) in [7, 11) is 0. The molecule has 0 saturated carbocycles. The Morgan fingerprint density at radius 2 is 2.10 bits per heavy atom. The fraction of sp³-hybridized carbons (Fsp3) is 0.833. The number of hydrogen-bond donors (Lipinski definition) is 0. The molecule has 1 rings (SSSR count). The van der Waals surface area contributed by atoms with Gasteiger partial charge in [-0.2, -0.15) is 5.11 Å². The van der Waals surface area contributed by atoms with Gasteiger partial charge in [-0.1, -0.05) is 5.22 Å². The molecule has 0 N–H and O–H groups in total. The first-order valence-electron chi connectivity index (χ1n) is 3.22. The minimum Gasteiger partial charge on any atom is -0.271 e. The summed E-state index contributed by atoms with van der Waals surface area (Å²) in [6, 6.07) is 0. The van der Waals surface area contributed by atoms with Crippen molar-refractivity contribution < 1.29 is 4.79 Å². The maximum absolute atomic E-state index is 11.0. The lowest BCUT2D eigenvalue weighted by Gasteiger charge is -2.25. The van der Waals surface area contributed by atoms with E-state index in [2.05, 4.69) is 10.3 Å². The largest absolute Gasteiger partial charge is 0.271 e. The highest BCUT2D eigenvalue weighted by atomic mass is 16.2. The lowest BCUT2D eigenvalue weighted by Crippen LogP contribution is -2.39. The van der Waals surface area contributed by atoms with Gasteiger partial charge in [0.15, 0.2) is 0 Å². The molecule has 0 atom stereocenters. The van der Waals surface area contributed by atoms with Gasteiger partial charge in [0.1, 0.15) is 6.54 Å². The van der Waals surface area contributed by atoms with Crippen molar-refractivity contribution in [2.45, 2.75) is 26.3 Å². The Labute approximate surface area is 59.9 Å². The molecule has 0 radical (unpaired) electrons. The van der Waals surface area contributed by atoms with E-state index in [-0.39, 0.29) is 18.0 Å². The second kappa shape index (κ2) is 2.04. The second-order valence-electron chi connectivity index (χ2n) is 3.27. The van der Waals surface area contributed by atoms with Gasteiger partial charge in [0.2, 0.25) is 0 Å². The van der Waals surface area contributed by atoms with Crippen LogP contribution < -0.4 is 0 Å². The van der Waals surface area contributed by atoms with Gasteiger partial charge in [-0.05, 0) is 20.8 Å². The Kier molecular flexibility index (Phi) is 1.46. The van der Waals surface area contributed by atoms with Crippen LogP contribution >= 0.6 is 0 Å². The van der Waals surface area contributed by atoms with Gasteiger partial charge in [0.05, 0.1) is 5.54 Å². The van der Waals surface area contributed by atoms with E-state index in [1.807, 2.05) is 20.8 Å². The van der Waals surface area contributed by atoms with Crippen molar-refractivity contribution in [2.24, 2.45) is 10.3 Å². The fourth-order valence-corrected chi connectivity index (χ4v) is 0.780. The summed E-state index contributed by atoms with van der Waals surface area (Å²) in [4.78, 5) is 11.0. The van der Waals surface area contributed by atoms with Crippen molar-refractivity contribution >= 4 is 5.91 Å². The van der Waals surface area contributed by atoms with Gasteiger partial charge in [0.25, 0.3) is 5.91 Å². The normalized spacial score (nSPS) is 18.7. The van der Waals surface area contributed by atoms with Crippen LogP contribution in [0.1, 0.15) is 20.8 Å². The number of carbonyl (C=O) groups excluding carboxylic acids is 1. The van der Waals surface area contributed by atoms with Gasteiger partial charge >= 0.3 is 0 Å². The summed E-state index contributed by atoms with van der Waals surface area (Å²) < 4.78 is 0. The minimum absolute atomic E-state index is 0.0208. The maximum Gasteiger partial charge on any atom is 0.268 e. The van der Waals surface area contributed by atoms with E-state index in [0.29, 0.717) is 0 Å². The number of amides is 1. The van der Waals surface area contributed by atoms with E-state index in [9.17, 15) is 4.79 Å². The fourth-order valence-electron chi connectivity index (χ4n) is 0.780. The van der Waals surface area contributed by atoms with Crippen LogP contribution in [0.15, 0.2) is 10.3 Å². The highest BCUT2D eigenvalue weighted by Crippen LogP contribution is 2.17. The van der Waals surface area contributed by atoms with Crippen LogP contribution in [-0.2, 0) is 4.79 Å². The molecule has 0 unspecified atom stereocenters. The molecule has 0 aromatic carbocycles. The molecular formula is C6H11N3O. The van der Waals surface area contributed by atoms with E-state index in [4.69, 9.17) is 0 Å². The van der Waals surface area contributed by atoms with Crippen molar-refractivity contribution in [2.75, 3.05) is 6.54 Å². The Balaban J connectivity index is 2.73. The maximum atomic E-state index is 11.0. The van der Waals surface area contributed by atoms with E-state index < -0.39 is 0 Å². The minimum atomic E-state index is -0.225. The topological polar surface area (TPSA) is 45.0 Å². The summed E-state index contributed by atoms with van der Waals surface area (Å²) in [5.74, 6) is -0.0208. The number of hydrogen-bond acceptors (Lipinski definition) is 3. The Morgan fingerprint density at radius 3 is 2.30 bits per heavy atom. The molecule has 1 aliphatic heterocycles. The van der Waals surface area contributed by atoms with Crippen molar-refractivity contribution in [3.05, 3.63) is 0 Å². The molecule has 0 spiro atoms. The molecule has 0 fully saturated rings. The zero-order chi connectivity index (χ0) is 7.78. The van der Waals surface area contributed by atoms with Gasteiger partial charge in [-0.3, -0.25) is 4.79 Å². The molecule has 0 aromatic rings. The zero-order valence-electron chi connectivity index (χ0n) is 6.46. The van der Waals surface area contributed by atoms with Crippen LogP contribution in [0, 0.1) is 0 Å². The zero-order valence-corrected chi connectivity index (χ0v) is 6.46. The third kappa shape index (κ3) is 1.15. The van der Waals surface area contributed by atoms with E-state index in [0.717, 1.165) is 0 Å². The van der Waals surface area contributed by atoms with E-state index >= 15 is 0 Å². The van der Waals surface area contributed by atoms with Gasteiger partial charge in [0, 0.05) is 0 Å². The highest BCUT2D eigenvalue weighted by Gasteiger charge is 2.29. The standard InChI is InChI=1S/C6H11N3O/c1-6(2,3)9-5(10)4-7-8-9/h4H2,1-3H3. The molecule has 0 saturated heterocycles. The predicted octanol–water partition coefficient (Wildman–Crippen LogP) is 0.994. The number of nitrogens with zero attached hydrogens (tertiary/aromatic N) is 3. The van der Waals surface area contributed by atoms with Crippen LogP contribution in [0.5, 0.6) is 0 Å². The smallest absolute Gasteiger partial charge is 0.268 e. The quantitative estimate of drug-likeness (QED) is 0.496. The van der Waals surface area contributed by atoms with Crippen LogP contribution in [0.3, 0.4) is 0 Å². The van der Waals surface area contributed by atoms with E-state index in [1.54, 1.807) is 0 Å². The first kappa shape index (κ1) is 7.18. The average molecular weight is 141 g/mol. The molecule has 1 aliphatic rings. The lowest BCUT2D eigenvalue weighted by molar-refractivity contribution is -0.131. The van der Waals surface area contributed by atoms with Crippen LogP contribution in [0.4, 0.5) is 0 Å². The first-order chi connectivity index (χ1) is 4.52. The predicted molar refractivity (Wildman–Crippen MR) is 36.3 cm³/mol. The second-order valence-corrected chi connectivity index (χ2v) is 3.27. The molecule has 4 heteroatoms. The molecule has 4 nitrogen and oxygen atoms in total. The van der Waals surface area contributed by atoms with Crippen LogP contribution in [0.25, 0.3) is 0 Å². The van der Waals surface area contributed by atoms with Crippen molar-refractivity contribution in [3.8, 4) is 0 Å². The molecule has 0 aromatic heterocycles. The average Bonchev–Trinajstić information content (AvgIpc) is 2.11. The molecule has 56 valence electrons. The monoisotopic (exact) mass is 141 g/mol. The molecule has 0 aliphatic carbocycles. The molecule has 0 bridgehead atoms. The van der Waals surface area contributed by atoms with Crippen LogP contribution in [0.2, 0.25) is 0 Å². The van der Waals surface area contributed by atoms with Crippen molar-refractivity contribution in [1.29, 1.82) is 0 Å². The Morgan fingerprint density at radius 1 is 1.50 bits per heavy atom. The third-order valence-corrected chi connectivity index (χ3v) is 1.23. The van der Waals surface area contributed by atoms with E-state index in [1.165, 1.54) is 5.01 Å². The van der Waals surface area contributed by atoms with Crippen molar-refractivity contribution in [1.82, 2.24) is 5.01 Å². The summed E-state index contributed by atoms with van der Waals surface area (Å²) in [6.07, 6.45) is 0.